The minimum Gasteiger partial charge on any atom is -0.452 e. The number of esters is 1. The maximum Gasteiger partial charge on any atom is 0.339 e. The Kier molecular flexibility index (Phi) is 6.62. The number of carbonyl (C=O) groups is 2. The van der Waals surface area contributed by atoms with Crippen LogP contribution in [0.25, 0.3) is 0 Å². The molecule has 1 N–H and O–H groups in total. The number of amides is 1. The van der Waals surface area contributed by atoms with Gasteiger partial charge in [0.25, 0.3) is 5.91 Å². The summed E-state index contributed by atoms with van der Waals surface area (Å²) in [6, 6.07) is 4.13. The van der Waals surface area contributed by atoms with E-state index in [0.717, 1.165) is 35.6 Å². The van der Waals surface area contributed by atoms with Gasteiger partial charge in [-0.15, -0.1) is 11.3 Å². The molecule has 10 heteroatoms. The van der Waals surface area contributed by atoms with Gasteiger partial charge in [-0.2, -0.15) is 0 Å². The molecule has 0 unspecified atom stereocenters. The van der Waals surface area contributed by atoms with E-state index in [1.54, 1.807) is 16.7 Å². The third-order valence-electron chi connectivity index (χ3n) is 4.59. The predicted octanol–water partition coefficient (Wildman–Crippen LogP) is 3.33. The molecular weight excluding hydrogens is 436 g/mol. The number of thiophene rings is 1. The molecule has 156 valence electrons. The quantitative estimate of drug-likeness (QED) is 0.673. The van der Waals surface area contributed by atoms with E-state index < -0.39 is 28.5 Å². The Hall–Kier alpha value is -1.94. The highest BCUT2D eigenvalue weighted by molar-refractivity contribution is 7.89. The molecule has 0 spiro atoms. The maximum absolute atomic E-state index is 12.3. The fourth-order valence-corrected chi connectivity index (χ4v) is 5.56. The Morgan fingerprint density at radius 2 is 1.97 bits per heavy atom. The van der Waals surface area contributed by atoms with Gasteiger partial charge in [0.1, 0.15) is 4.90 Å². The zero-order chi connectivity index (χ0) is 21.2. The second kappa shape index (κ2) is 8.83. The van der Waals surface area contributed by atoms with Crippen LogP contribution in [0.3, 0.4) is 0 Å². The molecule has 3 rings (SSSR count). The van der Waals surface area contributed by atoms with Gasteiger partial charge in [-0.1, -0.05) is 11.6 Å². The molecule has 0 saturated heterocycles. The highest BCUT2D eigenvalue weighted by Gasteiger charge is 2.23. The zero-order valence-electron chi connectivity index (χ0n) is 16.0. The Balaban J connectivity index is 1.64. The number of nitrogens with one attached hydrogen (secondary N) is 1. The van der Waals surface area contributed by atoms with Crippen molar-refractivity contribution in [3.63, 3.8) is 0 Å². The summed E-state index contributed by atoms with van der Waals surface area (Å²) in [5, 5.41) is 4.36. The van der Waals surface area contributed by atoms with E-state index in [-0.39, 0.29) is 15.6 Å². The molecule has 0 fully saturated rings. The van der Waals surface area contributed by atoms with E-state index in [0.29, 0.717) is 5.56 Å². The van der Waals surface area contributed by atoms with Crippen molar-refractivity contribution in [1.82, 2.24) is 4.31 Å². The van der Waals surface area contributed by atoms with E-state index in [9.17, 15) is 18.0 Å². The van der Waals surface area contributed by atoms with Gasteiger partial charge in [-0.25, -0.2) is 17.5 Å². The van der Waals surface area contributed by atoms with Crippen LogP contribution in [0.1, 0.15) is 33.6 Å². The molecule has 1 amide bonds. The van der Waals surface area contributed by atoms with E-state index >= 15 is 0 Å². The van der Waals surface area contributed by atoms with E-state index in [2.05, 4.69) is 5.32 Å². The lowest BCUT2D eigenvalue weighted by Crippen LogP contribution is -2.24. The number of hydrogen-bond acceptors (Lipinski definition) is 6. The average Bonchev–Trinajstić information content (AvgIpc) is 3.11. The van der Waals surface area contributed by atoms with Gasteiger partial charge in [0.15, 0.2) is 6.61 Å². The Labute approximate surface area is 178 Å². The first kappa shape index (κ1) is 21.8. The SMILES string of the molecule is CN(C)S(=O)(=O)c1cc(NC(=O)COC(=O)c2csc3c2CCCC3)ccc1Cl. The first-order chi connectivity index (χ1) is 13.7. The lowest BCUT2D eigenvalue weighted by atomic mass is 9.96. The number of nitrogens with zero attached hydrogens (tertiary/aromatic N) is 1. The van der Waals surface area contributed by atoms with Crippen molar-refractivity contribution < 1.29 is 22.7 Å². The van der Waals surface area contributed by atoms with Crippen molar-refractivity contribution in [3.05, 3.63) is 44.6 Å². The molecule has 0 radical (unpaired) electrons. The van der Waals surface area contributed by atoms with Crippen LogP contribution in [0, 0.1) is 0 Å². The fourth-order valence-electron chi connectivity index (χ4n) is 3.05. The average molecular weight is 457 g/mol. The van der Waals surface area contributed by atoms with Gasteiger partial charge in [-0.05, 0) is 49.4 Å². The van der Waals surface area contributed by atoms with Crippen LogP contribution in [0.4, 0.5) is 5.69 Å². The second-order valence-electron chi connectivity index (χ2n) is 6.82. The standard InChI is InChI=1S/C19H21ClN2O5S2/c1-22(2)29(25,26)17-9-12(7-8-15(17)20)21-18(23)10-27-19(24)14-11-28-16-6-4-3-5-13(14)16/h7-9,11H,3-6,10H2,1-2H3,(H,21,23). The van der Waals surface area contributed by atoms with Gasteiger partial charge in [0.05, 0.1) is 10.6 Å². The van der Waals surface area contributed by atoms with Crippen molar-refractivity contribution in [2.75, 3.05) is 26.0 Å². The summed E-state index contributed by atoms with van der Waals surface area (Å²) < 4.78 is 30.8. The highest BCUT2D eigenvalue weighted by atomic mass is 35.5. The molecule has 1 aliphatic rings. The number of halogens is 1. The smallest absolute Gasteiger partial charge is 0.339 e. The predicted molar refractivity (Wildman–Crippen MR) is 112 cm³/mol. The second-order valence-corrected chi connectivity index (χ2v) is 10.3. The molecule has 2 aromatic rings. The number of aryl methyl sites for hydroxylation is 1. The number of anilines is 1. The molecule has 1 aromatic carbocycles. The Morgan fingerprint density at radius 3 is 2.69 bits per heavy atom. The number of benzene rings is 1. The summed E-state index contributed by atoms with van der Waals surface area (Å²) >= 11 is 7.54. The summed E-state index contributed by atoms with van der Waals surface area (Å²) in [5.74, 6) is -1.09. The molecule has 1 aromatic heterocycles. The van der Waals surface area contributed by atoms with E-state index in [1.807, 2.05) is 0 Å². The molecule has 29 heavy (non-hydrogen) atoms. The third-order valence-corrected chi connectivity index (χ3v) is 7.97. The van der Waals surface area contributed by atoms with Crippen LogP contribution in [-0.2, 0) is 32.4 Å². The first-order valence-corrected chi connectivity index (χ1v) is 11.7. The van der Waals surface area contributed by atoms with E-state index in [4.69, 9.17) is 16.3 Å². The molecule has 1 aliphatic carbocycles. The van der Waals surface area contributed by atoms with Crippen molar-refractivity contribution >= 4 is 50.5 Å². The van der Waals surface area contributed by atoms with Gasteiger partial charge < -0.3 is 10.1 Å². The van der Waals surface area contributed by atoms with Crippen LogP contribution in [-0.4, -0.2) is 45.3 Å². The number of carbonyl (C=O) groups excluding carboxylic acids is 2. The van der Waals surface area contributed by atoms with Crippen molar-refractivity contribution in [2.45, 2.75) is 30.6 Å². The maximum atomic E-state index is 12.3. The zero-order valence-corrected chi connectivity index (χ0v) is 18.4. The van der Waals surface area contributed by atoms with Gasteiger partial charge in [-0.3, -0.25) is 4.79 Å². The molecule has 0 aliphatic heterocycles. The first-order valence-electron chi connectivity index (χ1n) is 8.98. The summed E-state index contributed by atoms with van der Waals surface area (Å²) in [4.78, 5) is 25.6. The van der Waals surface area contributed by atoms with Crippen LogP contribution < -0.4 is 5.32 Å². The lowest BCUT2D eigenvalue weighted by Gasteiger charge is -2.14. The van der Waals surface area contributed by atoms with Crippen molar-refractivity contribution in [1.29, 1.82) is 0 Å². The van der Waals surface area contributed by atoms with Gasteiger partial charge >= 0.3 is 5.97 Å². The minimum absolute atomic E-state index is 0.0466. The van der Waals surface area contributed by atoms with Crippen LogP contribution >= 0.6 is 22.9 Å². The van der Waals surface area contributed by atoms with Crippen LogP contribution in [0.5, 0.6) is 0 Å². The molecule has 0 bridgehead atoms. The highest BCUT2D eigenvalue weighted by Crippen LogP contribution is 2.30. The van der Waals surface area contributed by atoms with Crippen molar-refractivity contribution in [2.24, 2.45) is 0 Å². The topological polar surface area (TPSA) is 92.8 Å². The van der Waals surface area contributed by atoms with Gasteiger partial charge in [0.2, 0.25) is 10.0 Å². The minimum atomic E-state index is -3.76. The number of rotatable bonds is 6. The third kappa shape index (κ3) is 4.80. The van der Waals surface area contributed by atoms with E-state index in [1.165, 1.54) is 37.2 Å². The number of sulfonamides is 1. The molecular formula is C19H21ClN2O5S2. The fraction of sp³-hybridized carbons (Fsp3) is 0.368. The van der Waals surface area contributed by atoms with Crippen LogP contribution in [0.2, 0.25) is 5.02 Å². The monoisotopic (exact) mass is 456 g/mol. The molecule has 0 saturated carbocycles. The molecule has 7 nitrogen and oxygen atoms in total. The summed E-state index contributed by atoms with van der Waals surface area (Å²) in [7, 11) is -0.987. The summed E-state index contributed by atoms with van der Waals surface area (Å²) in [6.07, 6.45) is 3.99. The normalized spacial score (nSPS) is 13.8. The Morgan fingerprint density at radius 1 is 1.24 bits per heavy atom. The number of hydrogen-bond donors (Lipinski definition) is 1. The summed E-state index contributed by atoms with van der Waals surface area (Å²) in [6.45, 7) is -0.470. The summed E-state index contributed by atoms with van der Waals surface area (Å²) in [5.41, 5.74) is 1.80. The largest absolute Gasteiger partial charge is 0.452 e. The lowest BCUT2D eigenvalue weighted by molar-refractivity contribution is -0.119. The number of fused-ring (bicyclic) bond motifs is 1. The van der Waals surface area contributed by atoms with Crippen LogP contribution in [0.15, 0.2) is 28.5 Å². The number of ether oxygens (including phenoxy) is 1. The molecule has 0 atom stereocenters. The Bertz CT molecular complexity index is 1050. The molecule has 1 heterocycles. The van der Waals surface area contributed by atoms with Crippen molar-refractivity contribution in [3.8, 4) is 0 Å². The van der Waals surface area contributed by atoms with Gasteiger partial charge in [0, 0.05) is 30.0 Å².